The fraction of sp³-hybridized carbons (Fsp3) is 0.143. The van der Waals surface area contributed by atoms with Crippen LogP contribution in [0.15, 0.2) is 22.7 Å². The Bertz CT molecular complexity index is 240. The molecular weight excluding hydrogens is 219 g/mol. The van der Waals surface area contributed by atoms with Gasteiger partial charge in [0.25, 0.3) is 0 Å². The Morgan fingerprint density at radius 3 is 2.55 bits per heavy atom. The van der Waals surface area contributed by atoms with Crippen LogP contribution >= 0.6 is 15.9 Å². The third kappa shape index (κ3) is 3.03. The van der Waals surface area contributed by atoms with Gasteiger partial charge in [0.1, 0.15) is 5.75 Å². The van der Waals surface area contributed by atoms with Crippen molar-refractivity contribution in [2.24, 2.45) is 0 Å². The predicted octanol–water partition coefficient (Wildman–Crippen LogP) is -1.46. The molecule has 54 valence electrons. The van der Waals surface area contributed by atoms with Crippen LogP contribution in [-0.4, -0.2) is 7.11 Å². The van der Waals surface area contributed by atoms with Crippen molar-refractivity contribution >= 4 is 15.9 Å². The van der Waals surface area contributed by atoms with Crippen LogP contribution < -0.4 is 39.4 Å². The molecular formula is C7H6BrNaO2. The van der Waals surface area contributed by atoms with E-state index in [1.165, 1.54) is 6.07 Å². The van der Waals surface area contributed by atoms with Crippen LogP contribution in [0, 0.1) is 0 Å². The maximum absolute atomic E-state index is 10.8. The van der Waals surface area contributed by atoms with Gasteiger partial charge in [-0.15, -0.1) is 0 Å². The molecule has 1 aromatic rings. The van der Waals surface area contributed by atoms with Crippen LogP contribution in [0.4, 0.5) is 0 Å². The third-order valence-electron chi connectivity index (χ3n) is 1.14. The first-order valence-corrected chi connectivity index (χ1v) is 3.54. The third-order valence-corrected chi connectivity index (χ3v) is 1.76. The van der Waals surface area contributed by atoms with Gasteiger partial charge < -0.3 is 9.84 Å². The van der Waals surface area contributed by atoms with E-state index >= 15 is 0 Å². The Hall–Kier alpha value is 0.300. The first-order chi connectivity index (χ1) is 4.74. The summed E-state index contributed by atoms with van der Waals surface area (Å²) < 4.78 is 5.42. The normalized spacial score (nSPS) is 8.55. The van der Waals surface area contributed by atoms with Crippen LogP contribution in [0.25, 0.3) is 0 Å². The zero-order valence-corrected chi connectivity index (χ0v) is 10.0. The minimum atomic E-state index is -0.0270. The maximum atomic E-state index is 10.8. The van der Waals surface area contributed by atoms with E-state index in [4.69, 9.17) is 4.74 Å². The number of hydrogen-bond acceptors (Lipinski definition) is 2. The molecule has 0 unspecified atom stereocenters. The van der Waals surface area contributed by atoms with Crippen LogP contribution in [0.5, 0.6) is 11.5 Å². The molecule has 0 fully saturated rings. The monoisotopic (exact) mass is 224 g/mol. The smallest absolute Gasteiger partial charge is 0.872 e. The summed E-state index contributed by atoms with van der Waals surface area (Å²) in [5, 5.41) is 10.8. The van der Waals surface area contributed by atoms with Crippen molar-refractivity contribution < 1.29 is 39.4 Å². The van der Waals surface area contributed by atoms with Gasteiger partial charge in [-0.1, -0.05) is 27.7 Å². The van der Waals surface area contributed by atoms with E-state index in [9.17, 15) is 5.11 Å². The molecule has 0 aromatic heterocycles. The molecule has 0 atom stereocenters. The molecule has 0 N–H and O–H groups in total. The number of methoxy groups -OCH3 is 1. The van der Waals surface area contributed by atoms with Gasteiger partial charge in [0.15, 0.2) is 0 Å². The predicted molar refractivity (Wildman–Crippen MR) is 40.1 cm³/mol. The van der Waals surface area contributed by atoms with Crippen LogP contribution in [-0.2, 0) is 0 Å². The van der Waals surface area contributed by atoms with Crippen molar-refractivity contribution in [2.45, 2.75) is 0 Å². The van der Waals surface area contributed by atoms with Gasteiger partial charge in [-0.2, -0.15) is 0 Å². The van der Waals surface area contributed by atoms with Gasteiger partial charge >= 0.3 is 29.6 Å². The van der Waals surface area contributed by atoms with Crippen LogP contribution in [0.2, 0.25) is 0 Å². The average Bonchev–Trinajstić information content (AvgIpc) is 1.95. The molecule has 0 aliphatic heterocycles. The van der Waals surface area contributed by atoms with E-state index < -0.39 is 0 Å². The molecule has 0 heterocycles. The minimum Gasteiger partial charge on any atom is -0.872 e. The van der Waals surface area contributed by atoms with E-state index in [-0.39, 0.29) is 35.3 Å². The number of halogens is 1. The Kier molecular flexibility index (Phi) is 5.17. The average molecular weight is 225 g/mol. The first-order valence-electron chi connectivity index (χ1n) is 2.74. The van der Waals surface area contributed by atoms with Crippen molar-refractivity contribution in [3.8, 4) is 11.5 Å². The second-order valence-corrected chi connectivity index (χ2v) is 2.65. The van der Waals surface area contributed by atoms with Gasteiger partial charge in [0.2, 0.25) is 0 Å². The molecule has 0 amide bonds. The molecule has 0 spiro atoms. The molecule has 0 aliphatic carbocycles. The van der Waals surface area contributed by atoms with Gasteiger partial charge in [0, 0.05) is 4.47 Å². The molecule has 0 bridgehead atoms. The number of rotatable bonds is 1. The van der Waals surface area contributed by atoms with E-state index in [1.54, 1.807) is 19.2 Å². The van der Waals surface area contributed by atoms with Crippen molar-refractivity contribution in [1.29, 1.82) is 0 Å². The maximum Gasteiger partial charge on any atom is 1.00 e. The van der Waals surface area contributed by atoms with Crippen LogP contribution in [0.1, 0.15) is 0 Å². The second-order valence-electron chi connectivity index (χ2n) is 1.80. The molecule has 2 nitrogen and oxygen atoms in total. The van der Waals surface area contributed by atoms with Crippen LogP contribution in [0.3, 0.4) is 0 Å². The Balaban J connectivity index is 0.000001000. The van der Waals surface area contributed by atoms with E-state index in [1.807, 2.05) is 0 Å². The quantitative estimate of drug-likeness (QED) is 0.547. The molecule has 0 radical (unpaired) electrons. The fourth-order valence-corrected chi connectivity index (χ4v) is 0.966. The largest absolute Gasteiger partial charge is 1.00 e. The Labute approximate surface area is 96.0 Å². The molecule has 0 aliphatic rings. The first kappa shape index (κ1) is 11.3. The number of ether oxygens (including phenoxy) is 1. The molecule has 0 saturated heterocycles. The number of hydrogen-bond donors (Lipinski definition) is 0. The zero-order chi connectivity index (χ0) is 7.56. The summed E-state index contributed by atoms with van der Waals surface area (Å²) in [6, 6.07) is 4.73. The minimum absolute atomic E-state index is 0. The Morgan fingerprint density at radius 2 is 2.09 bits per heavy atom. The molecule has 1 rings (SSSR count). The summed E-state index contributed by atoms with van der Waals surface area (Å²) >= 11 is 3.09. The topological polar surface area (TPSA) is 32.3 Å². The van der Waals surface area contributed by atoms with Gasteiger partial charge in [-0.3, -0.25) is 0 Å². The molecule has 4 heteroatoms. The summed E-state index contributed by atoms with van der Waals surface area (Å²) in [6.45, 7) is 0. The molecule has 0 saturated carbocycles. The zero-order valence-electron chi connectivity index (χ0n) is 6.43. The Morgan fingerprint density at radius 1 is 1.45 bits per heavy atom. The van der Waals surface area contributed by atoms with Crippen molar-refractivity contribution in [2.75, 3.05) is 7.11 Å². The molecule has 1 aromatic carbocycles. The van der Waals surface area contributed by atoms with Gasteiger partial charge in [-0.25, -0.2) is 0 Å². The second kappa shape index (κ2) is 5.04. The van der Waals surface area contributed by atoms with Crippen molar-refractivity contribution in [3.63, 3.8) is 0 Å². The van der Waals surface area contributed by atoms with Crippen molar-refractivity contribution in [1.82, 2.24) is 0 Å². The van der Waals surface area contributed by atoms with Gasteiger partial charge in [-0.05, 0) is 12.1 Å². The summed E-state index contributed by atoms with van der Waals surface area (Å²) in [5.41, 5.74) is 0. The standard InChI is InChI=1S/C7H7BrO2.Na/c1-10-5-2-3-7(9)6(8)4-5;/h2-4,9H,1H3;/q;+1/p-1. The summed E-state index contributed by atoms with van der Waals surface area (Å²) in [5.74, 6) is 0.660. The summed E-state index contributed by atoms with van der Waals surface area (Å²) in [7, 11) is 1.56. The van der Waals surface area contributed by atoms with E-state index in [2.05, 4.69) is 15.9 Å². The van der Waals surface area contributed by atoms with Crippen molar-refractivity contribution in [3.05, 3.63) is 22.7 Å². The SMILES string of the molecule is COc1ccc([O-])c(Br)c1.[Na+]. The summed E-state index contributed by atoms with van der Waals surface area (Å²) in [6.07, 6.45) is 0. The fourth-order valence-electron chi connectivity index (χ4n) is 0.609. The number of benzene rings is 1. The summed E-state index contributed by atoms with van der Waals surface area (Å²) in [4.78, 5) is 0. The molecule has 11 heavy (non-hydrogen) atoms. The van der Waals surface area contributed by atoms with E-state index in [0.717, 1.165) is 0 Å². The van der Waals surface area contributed by atoms with Gasteiger partial charge in [0.05, 0.1) is 7.11 Å². The van der Waals surface area contributed by atoms with E-state index in [0.29, 0.717) is 10.2 Å².